The van der Waals surface area contributed by atoms with Gasteiger partial charge in [0.1, 0.15) is 6.04 Å². The molecule has 0 spiro atoms. The van der Waals surface area contributed by atoms with Crippen molar-refractivity contribution >= 4 is 12.1 Å². The predicted molar refractivity (Wildman–Crippen MR) is 53.3 cm³/mol. The van der Waals surface area contributed by atoms with Gasteiger partial charge in [0.05, 0.1) is 0 Å². The molecular formula is C10H16N2O3. The first-order valence-corrected chi connectivity index (χ1v) is 5.51. The van der Waals surface area contributed by atoms with Crippen LogP contribution < -0.4 is 5.32 Å². The van der Waals surface area contributed by atoms with E-state index in [0.717, 1.165) is 32.2 Å². The molecule has 0 radical (unpaired) electrons. The highest BCUT2D eigenvalue weighted by atomic mass is 16.6. The van der Waals surface area contributed by atoms with E-state index in [2.05, 4.69) is 5.32 Å². The summed E-state index contributed by atoms with van der Waals surface area (Å²) in [5, 5.41) is 3.05. The highest BCUT2D eigenvalue weighted by Gasteiger charge is 2.28. The van der Waals surface area contributed by atoms with Gasteiger partial charge in [-0.25, -0.2) is 9.59 Å². The van der Waals surface area contributed by atoms with Gasteiger partial charge in [0, 0.05) is 13.1 Å². The molecule has 0 aromatic heterocycles. The SMILES string of the molecule is O=C(OC(=O)N1CCC1)C1CCCCN1. The van der Waals surface area contributed by atoms with Crippen LogP contribution in [-0.2, 0) is 9.53 Å². The second-order valence-corrected chi connectivity index (χ2v) is 4.03. The van der Waals surface area contributed by atoms with E-state index < -0.39 is 12.1 Å². The molecule has 15 heavy (non-hydrogen) atoms. The Bertz CT molecular complexity index is 257. The number of rotatable bonds is 1. The number of hydrogen-bond acceptors (Lipinski definition) is 4. The second kappa shape index (κ2) is 4.61. The standard InChI is InChI=1S/C10H16N2O3/c13-9(8-4-1-2-5-11-8)15-10(14)12-6-3-7-12/h8,11H,1-7H2. The molecule has 0 saturated carbocycles. The summed E-state index contributed by atoms with van der Waals surface area (Å²) in [6.07, 6.45) is 3.39. The fraction of sp³-hybridized carbons (Fsp3) is 0.800. The molecule has 0 bridgehead atoms. The van der Waals surface area contributed by atoms with Gasteiger partial charge in [-0.15, -0.1) is 0 Å². The summed E-state index contributed by atoms with van der Waals surface area (Å²) in [5.74, 6) is -0.424. The number of ether oxygens (including phenoxy) is 1. The topological polar surface area (TPSA) is 58.6 Å². The Balaban J connectivity index is 1.77. The minimum Gasteiger partial charge on any atom is -0.375 e. The maximum absolute atomic E-state index is 11.5. The normalized spacial score (nSPS) is 25.6. The number of piperidine rings is 1. The highest BCUT2D eigenvalue weighted by Crippen LogP contribution is 2.11. The van der Waals surface area contributed by atoms with Crippen LogP contribution in [0.25, 0.3) is 0 Å². The van der Waals surface area contributed by atoms with Gasteiger partial charge in [0.2, 0.25) is 0 Å². The van der Waals surface area contributed by atoms with Gasteiger partial charge in [-0.3, -0.25) is 0 Å². The first-order chi connectivity index (χ1) is 7.27. The van der Waals surface area contributed by atoms with E-state index >= 15 is 0 Å². The second-order valence-electron chi connectivity index (χ2n) is 4.03. The third-order valence-electron chi connectivity index (χ3n) is 2.90. The fourth-order valence-electron chi connectivity index (χ4n) is 1.77. The summed E-state index contributed by atoms with van der Waals surface area (Å²) in [7, 11) is 0. The van der Waals surface area contributed by atoms with E-state index in [1.54, 1.807) is 4.90 Å². The molecule has 1 amide bonds. The summed E-state index contributed by atoms with van der Waals surface area (Å²) >= 11 is 0. The van der Waals surface area contributed by atoms with Crippen molar-refractivity contribution in [2.45, 2.75) is 31.7 Å². The Labute approximate surface area is 88.8 Å². The van der Waals surface area contributed by atoms with Crippen LogP contribution >= 0.6 is 0 Å². The summed E-state index contributed by atoms with van der Waals surface area (Å²) in [6.45, 7) is 2.26. The molecule has 5 nitrogen and oxygen atoms in total. The number of nitrogens with one attached hydrogen (secondary N) is 1. The number of hydrogen-bond donors (Lipinski definition) is 1. The lowest BCUT2D eigenvalue weighted by molar-refractivity contribution is -0.141. The zero-order valence-electron chi connectivity index (χ0n) is 8.70. The van der Waals surface area contributed by atoms with E-state index in [9.17, 15) is 9.59 Å². The number of carbonyl (C=O) groups excluding carboxylic acids is 2. The van der Waals surface area contributed by atoms with Gasteiger partial charge in [-0.05, 0) is 25.8 Å². The van der Waals surface area contributed by atoms with Crippen molar-refractivity contribution in [3.63, 3.8) is 0 Å². The van der Waals surface area contributed by atoms with E-state index in [0.29, 0.717) is 13.1 Å². The van der Waals surface area contributed by atoms with E-state index in [1.807, 2.05) is 0 Å². The summed E-state index contributed by atoms with van der Waals surface area (Å²) in [5.41, 5.74) is 0. The average molecular weight is 212 g/mol. The molecule has 2 fully saturated rings. The molecule has 1 N–H and O–H groups in total. The number of nitrogens with zero attached hydrogens (tertiary/aromatic N) is 1. The fourth-order valence-corrected chi connectivity index (χ4v) is 1.77. The van der Waals surface area contributed by atoms with Crippen molar-refractivity contribution < 1.29 is 14.3 Å². The molecule has 0 aromatic rings. The van der Waals surface area contributed by atoms with Crippen LogP contribution in [0.15, 0.2) is 0 Å². The van der Waals surface area contributed by atoms with Crippen LogP contribution in [0.1, 0.15) is 25.7 Å². The van der Waals surface area contributed by atoms with E-state index in [-0.39, 0.29) is 6.04 Å². The van der Waals surface area contributed by atoms with E-state index in [1.165, 1.54) is 0 Å². The summed E-state index contributed by atoms with van der Waals surface area (Å²) in [6, 6.07) is -0.288. The van der Waals surface area contributed by atoms with Crippen LogP contribution in [0, 0.1) is 0 Å². The summed E-state index contributed by atoms with van der Waals surface area (Å²) < 4.78 is 4.78. The Morgan fingerprint density at radius 2 is 2.00 bits per heavy atom. The lowest BCUT2D eigenvalue weighted by Crippen LogP contribution is -2.47. The van der Waals surface area contributed by atoms with Crippen LogP contribution in [0.2, 0.25) is 0 Å². The van der Waals surface area contributed by atoms with Crippen LogP contribution in [0.3, 0.4) is 0 Å². The van der Waals surface area contributed by atoms with Crippen molar-refractivity contribution in [1.29, 1.82) is 0 Å². The van der Waals surface area contributed by atoms with Gasteiger partial charge in [0.15, 0.2) is 0 Å². The molecule has 2 saturated heterocycles. The molecule has 84 valence electrons. The first-order valence-electron chi connectivity index (χ1n) is 5.51. The molecule has 5 heteroatoms. The average Bonchev–Trinajstić information content (AvgIpc) is 2.16. The number of carbonyl (C=O) groups is 2. The smallest absolute Gasteiger partial charge is 0.375 e. The van der Waals surface area contributed by atoms with Crippen molar-refractivity contribution in [1.82, 2.24) is 10.2 Å². The quantitative estimate of drug-likeness (QED) is 0.508. The van der Waals surface area contributed by atoms with Gasteiger partial charge >= 0.3 is 12.1 Å². The molecule has 1 atom stereocenters. The minimum absolute atomic E-state index is 0.288. The van der Waals surface area contributed by atoms with Crippen LogP contribution in [0.5, 0.6) is 0 Å². The zero-order chi connectivity index (χ0) is 10.7. The summed E-state index contributed by atoms with van der Waals surface area (Å²) in [4.78, 5) is 24.4. The van der Waals surface area contributed by atoms with Gasteiger partial charge in [0.25, 0.3) is 0 Å². The van der Waals surface area contributed by atoms with Crippen molar-refractivity contribution in [2.24, 2.45) is 0 Å². The third kappa shape index (κ3) is 2.47. The Morgan fingerprint density at radius 1 is 1.20 bits per heavy atom. The largest absolute Gasteiger partial charge is 0.417 e. The Morgan fingerprint density at radius 3 is 2.53 bits per heavy atom. The van der Waals surface area contributed by atoms with Crippen molar-refractivity contribution in [3.05, 3.63) is 0 Å². The first kappa shape index (κ1) is 10.4. The molecule has 2 rings (SSSR count). The van der Waals surface area contributed by atoms with Gasteiger partial charge in [-0.1, -0.05) is 6.42 Å². The molecule has 2 heterocycles. The van der Waals surface area contributed by atoms with Crippen LogP contribution in [-0.4, -0.2) is 42.6 Å². The third-order valence-corrected chi connectivity index (χ3v) is 2.90. The van der Waals surface area contributed by atoms with Crippen molar-refractivity contribution in [3.8, 4) is 0 Å². The number of esters is 1. The predicted octanol–water partition coefficient (Wildman–Crippen LogP) is 0.497. The Hall–Kier alpha value is -1.10. The monoisotopic (exact) mass is 212 g/mol. The van der Waals surface area contributed by atoms with E-state index in [4.69, 9.17) is 4.74 Å². The molecule has 1 unspecified atom stereocenters. The van der Waals surface area contributed by atoms with Gasteiger partial charge in [-0.2, -0.15) is 0 Å². The molecule has 0 aliphatic carbocycles. The molecular weight excluding hydrogens is 196 g/mol. The minimum atomic E-state index is -0.487. The molecule has 2 aliphatic heterocycles. The molecule has 0 aromatic carbocycles. The maximum Gasteiger partial charge on any atom is 0.417 e. The lowest BCUT2D eigenvalue weighted by atomic mass is 10.1. The lowest BCUT2D eigenvalue weighted by Gasteiger charge is -2.30. The Kier molecular flexibility index (Phi) is 3.20. The van der Waals surface area contributed by atoms with Gasteiger partial charge < -0.3 is 15.0 Å². The number of likely N-dealkylation sites (tertiary alicyclic amines) is 1. The number of amides is 1. The molecule has 2 aliphatic rings. The van der Waals surface area contributed by atoms with Crippen LogP contribution in [0.4, 0.5) is 4.79 Å². The highest BCUT2D eigenvalue weighted by molar-refractivity contribution is 5.88. The zero-order valence-corrected chi connectivity index (χ0v) is 8.70. The van der Waals surface area contributed by atoms with Crippen molar-refractivity contribution in [2.75, 3.05) is 19.6 Å². The maximum atomic E-state index is 11.5.